The summed E-state index contributed by atoms with van der Waals surface area (Å²) >= 11 is 0. The van der Waals surface area contributed by atoms with Gasteiger partial charge in [-0.05, 0) is 13.0 Å². The predicted molar refractivity (Wildman–Crippen MR) is 62.7 cm³/mol. The number of aryl methyl sites for hydroxylation is 1. The van der Waals surface area contributed by atoms with Crippen molar-refractivity contribution in [2.45, 2.75) is 26.4 Å². The molecule has 0 aliphatic rings. The van der Waals surface area contributed by atoms with E-state index in [0.717, 1.165) is 0 Å². The molecule has 1 aromatic heterocycles. The fraction of sp³-hybridized carbons (Fsp3) is 0.333. The number of rotatable bonds is 5. The average molecular weight is 287 g/mol. The molecule has 0 atom stereocenters. The minimum atomic E-state index is -4.71. The first-order chi connectivity index (χ1) is 9.44. The Bertz CT molecular complexity index is 569. The molecule has 1 heterocycles. The summed E-state index contributed by atoms with van der Waals surface area (Å²) in [6, 6.07) is 5.93. The van der Waals surface area contributed by atoms with Crippen molar-refractivity contribution in [2.24, 2.45) is 0 Å². The summed E-state index contributed by atoms with van der Waals surface area (Å²) in [4.78, 5) is 3.97. The largest absolute Gasteiger partial charge is 0.573 e. The van der Waals surface area contributed by atoms with Crippen molar-refractivity contribution in [2.75, 3.05) is 0 Å². The van der Waals surface area contributed by atoms with Crippen molar-refractivity contribution < 1.29 is 22.4 Å². The van der Waals surface area contributed by atoms with E-state index in [1.54, 1.807) is 19.1 Å². The lowest BCUT2D eigenvalue weighted by Crippen LogP contribution is -2.20. The number of hydrogen-bond acceptors (Lipinski definition) is 5. The molecule has 0 bridgehead atoms. The van der Waals surface area contributed by atoms with Crippen molar-refractivity contribution in [3.8, 4) is 5.75 Å². The van der Waals surface area contributed by atoms with Crippen LogP contribution in [0.2, 0.25) is 0 Å². The lowest BCUT2D eigenvalue weighted by Gasteiger charge is -2.13. The van der Waals surface area contributed by atoms with Gasteiger partial charge in [0.1, 0.15) is 5.75 Å². The summed E-state index contributed by atoms with van der Waals surface area (Å²) in [7, 11) is 0. The highest BCUT2D eigenvalue weighted by molar-refractivity contribution is 5.33. The van der Waals surface area contributed by atoms with Gasteiger partial charge in [-0.2, -0.15) is 4.98 Å². The molecule has 0 fully saturated rings. The molecule has 0 unspecified atom stereocenters. The highest BCUT2D eigenvalue weighted by atomic mass is 19.4. The Morgan fingerprint density at radius 3 is 2.65 bits per heavy atom. The van der Waals surface area contributed by atoms with Crippen molar-refractivity contribution in [3.05, 3.63) is 41.5 Å². The minimum Gasteiger partial charge on any atom is -0.405 e. The van der Waals surface area contributed by atoms with E-state index in [9.17, 15) is 13.2 Å². The molecular formula is C12H12F3N3O2. The summed E-state index contributed by atoms with van der Waals surface area (Å²) in [5.41, 5.74) is 0.390. The molecule has 1 N–H and O–H groups in total. The highest BCUT2D eigenvalue weighted by Gasteiger charge is 2.31. The summed E-state index contributed by atoms with van der Waals surface area (Å²) in [5, 5.41) is 6.52. The van der Waals surface area contributed by atoms with Crippen LogP contribution in [-0.4, -0.2) is 16.5 Å². The minimum absolute atomic E-state index is 0.188. The fourth-order valence-corrected chi connectivity index (χ4v) is 1.59. The highest BCUT2D eigenvalue weighted by Crippen LogP contribution is 2.26. The lowest BCUT2D eigenvalue weighted by molar-refractivity contribution is -0.274. The van der Waals surface area contributed by atoms with Crippen molar-refractivity contribution in [1.29, 1.82) is 0 Å². The quantitative estimate of drug-likeness (QED) is 0.915. The van der Waals surface area contributed by atoms with Gasteiger partial charge in [0.25, 0.3) is 0 Å². The smallest absolute Gasteiger partial charge is 0.405 e. The molecule has 5 nitrogen and oxygen atoms in total. The first kappa shape index (κ1) is 14.3. The Morgan fingerprint density at radius 1 is 1.25 bits per heavy atom. The SMILES string of the molecule is Cc1noc(CNCc2ccccc2OC(F)(F)F)n1. The third-order valence-corrected chi connectivity index (χ3v) is 2.36. The Morgan fingerprint density at radius 2 is 2.00 bits per heavy atom. The standard InChI is InChI=1S/C12H12F3N3O2/c1-8-17-11(20-18-8)7-16-6-9-4-2-3-5-10(9)19-12(13,14)15/h2-5,16H,6-7H2,1H3. The Hall–Kier alpha value is -2.09. The zero-order chi connectivity index (χ0) is 14.6. The zero-order valence-corrected chi connectivity index (χ0v) is 10.6. The molecule has 0 radical (unpaired) electrons. The number of nitrogens with one attached hydrogen (secondary N) is 1. The molecular weight excluding hydrogens is 275 g/mol. The van der Waals surface area contributed by atoms with Crippen molar-refractivity contribution >= 4 is 0 Å². The first-order valence-electron chi connectivity index (χ1n) is 5.77. The Balaban J connectivity index is 1.95. The first-order valence-corrected chi connectivity index (χ1v) is 5.77. The molecule has 0 aliphatic carbocycles. The third-order valence-electron chi connectivity index (χ3n) is 2.36. The number of nitrogens with zero attached hydrogens (tertiary/aromatic N) is 2. The number of para-hydroxylation sites is 1. The number of halogens is 3. The number of alkyl halides is 3. The van der Waals surface area contributed by atoms with Gasteiger partial charge in [0.15, 0.2) is 5.82 Å². The van der Waals surface area contributed by atoms with E-state index in [0.29, 0.717) is 17.3 Å². The van der Waals surface area contributed by atoms with Crippen LogP contribution in [0.5, 0.6) is 5.75 Å². The average Bonchev–Trinajstić information content (AvgIpc) is 2.75. The second-order valence-electron chi connectivity index (χ2n) is 3.99. The topological polar surface area (TPSA) is 60.2 Å². The number of hydrogen-bond donors (Lipinski definition) is 1. The van der Waals surface area contributed by atoms with Gasteiger partial charge >= 0.3 is 6.36 Å². The molecule has 2 rings (SSSR count). The summed E-state index contributed by atoms with van der Waals surface area (Å²) in [6.07, 6.45) is -4.71. The predicted octanol–water partition coefficient (Wildman–Crippen LogP) is 2.57. The summed E-state index contributed by atoms with van der Waals surface area (Å²) in [5.74, 6) is 0.647. The van der Waals surface area contributed by atoms with Crippen LogP contribution in [0, 0.1) is 6.92 Å². The monoisotopic (exact) mass is 287 g/mol. The molecule has 8 heteroatoms. The third kappa shape index (κ3) is 4.23. The molecule has 0 amide bonds. The maximum Gasteiger partial charge on any atom is 0.573 e. The number of ether oxygens (including phenoxy) is 1. The van der Waals surface area contributed by atoms with E-state index in [1.165, 1.54) is 12.1 Å². The van der Waals surface area contributed by atoms with E-state index in [4.69, 9.17) is 4.52 Å². The molecule has 0 saturated heterocycles. The normalized spacial score (nSPS) is 11.6. The molecule has 0 spiro atoms. The number of aromatic nitrogens is 2. The fourth-order valence-electron chi connectivity index (χ4n) is 1.59. The van der Waals surface area contributed by atoms with E-state index in [-0.39, 0.29) is 18.8 Å². The van der Waals surface area contributed by atoms with E-state index in [1.807, 2.05) is 0 Å². The molecule has 0 saturated carbocycles. The lowest BCUT2D eigenvalue weighted by atomic mass is 10.2. The van der Waals surface area contributed by atoms with Gasteiger partial charge in [-0.15, -0.1) is 13.2 Å². The zero-order valence-electron chi connectivity index (χ0n) is 10.6. The molecule has 108 valence electrons. The van der Waals surface area contributed by atoms with Crippen LogP contribution in [0.3, 0.4) is 0 Å². The molecule has 0 aliphatic heterocycles. The Labute approximate surface area is 112 Å². The molecule has 2 aromatic rings. The number of benzene rings is 1. The second-order valence-corrected chi connectivity index (χ2v) is 3.99. The van der Waals surface area contributed by atoms with Crippen LogP contribution in [0.15, 0.2) is 28.8 Å². The van der Waals surface area contributed by atoms with Gasteiger partial charge in [0.05, 0.1) is 6.54 Å². The van der Waals surface area contributed by atoms with Crippen LogP contribution in [0.25, 0.3) is 0 Å². The van der Waals surface area contributed by atoms with E-state index < -0.39 is 6.36 Å². The van der Waals surface area contributed by atoms with E-state index >= 15 is 0 Å². The van der Waals surface area contributed by atoms with Crippen LogP contribution in [-0.2, 0) is 13.1 Å². The van der Waals surface area contributed by atoms with Gasteiger partial charge in [-0.3, -0.25) is 0 Å². The van der Waals surface area contributed by atoms with Gasteiger partial charge < -0.3 is 14.6 Å². The van der Waals surface area contributed by atoms with Gasteiger partial charge in [-0.1, -0.05) is 23.4 Å². The van der Waals surface area contributed by atoms with Crippen LogP contribution >= 0.6 is 0 Å². The summed E-state index contributed by atoms with van der Waals surface area (Å²) < 4.78 is 45.5. The van der Waals surface area contributed by atoms with Crippen LogP contribution in [0.4, 0.5) is 13.2 Å². The molecule has 20 heavy (non-hydrogen) atoms. The van der Waals surface area contributed by atoms with Crippen molar-refractivity contribution in [1.82, 2.24) is 15.5 Å². The van der Waals surface area contributed by atoms with Crippen LogP contribution < -0.4 is 10.1 Å². The summed E-state index contributed by atoms with van der Waals surface area (Å²) in [6.45, 7) is 2.13. The van der Waals surface area contributed by atoms with E-state index in [2.05, 4.69) is 20.2 Å². The van der Waals surface area contributed by atoms with Gasteiger partial charge in [0, 0.05) is 12.1 Å². The van der Waals surface area contributed by atoms with Gasteiger partial charge in [-0.25, -0.2) is 0 Å². The Kier molecular flexibility index (Phi) is 4.23. The maximum absolute atomic E-state index is 12.2. The van der Waals surface area contributed by atoms with Gasteiger partial charge in [0.2, 0.25) is 5.89 Å². The molecule has 1 aromatic carbocycles. The maximum atomic E-state index is 12.2. The van der Waals surface area contributed by atoms with Crippen molar-refractivity contribution in [3.63, 3.8) is 0 Å². The van der Waals surface area contributed by atoms with Crippen LogP contribution in [0.1, 0.15) is 17.3 Å². The second kappa shape index (κ2) is 5.91.